The average molecular weight is 410 g/mol. The maximum Gasteiger partial charge on any atom is 0.353 e. The molecule has 8 heteroatoms. The molecular formula is C22H26N4O4. The van der Waals surface area contributed by atoms with E-state index in [9.17, 15) is 19.5 Å². The number of carboxylic acids is 1. The maximum absolute atomic E-state index is 12.5. The van der Waals surface area contributed by atoms with E-state index >= 15 is 0 Å². The molecule has 0 fully saturated rings. The Balaban J connectivity index is 1.71. The molecule has 1 aliphatic carbocycles. The number of rotatable bonds is 6. The fraction of sp³-hybridized carbons (Fsp3) is 0.409. The van der Waals surface area contributed by atoms with E-state index in [1.54, 1.807) is 0 Å². The Kier molecular flexibility index (Phi) is 5.87. The van der Waals surface area contributed by atoms with Crippen LogP contribution in [0.15, 0.2) is 41.3 Å². The molecule has 8 nitrogen and oxygen atoms in total. The Hall–Kier alpha value is -3.29. The van der Waals surface area contributed by atoms with Gasteiger partial charge in [-0.05, 0) is 36.3 Å². The molecule has 1 aliphatic rings. The Morgan fingerprint density at radius 2 is 1.97 bits per heavy atom. The molecule has 2 aromatic rings. The first-order valence-electron chi connectivity index (χ1n) is 9.83. The smallest absolute Gasteiger partial charge is 0.353 e. The van der Waals surface area contributed by atoms with Crippen LogP contribution >= 0.6 is 0 Å². The van der Waals surface area contributed by atoms with Crippen molar-refractivity contribution in [3.05, 3.63) is 52.6 Å². The summed E-state index contributed by atoms with van der Waals surface area (Å²) in [5.74, 6) is -1.31. The van der Waals surface area contributed by atoms with Gasteiger partial charge in [0.05, 0.1) is 0 Å². The Labute approximate surface area is 174 Å². The fourth-order valence-corrected chi connectivity index (χ4v) is 3.51. The number of carboxylic acid groups (broad SMARTS) is 1. The first-order valence-corrected chi connectivity index (χ1v) is 9.83. The van der Waals surface area contributed by atoms with Crippen LogP contribution in [-0.4, -0.2) is 43.7 Å². The second kappa shape index (κ2) is 8.22. The Morgan fingerprint density at radius 3 is 2.60 bits per heavy atom. The molecule has 0 spiro atoms. The van der Waals surface area contributed by atoms with Gasteiger partial charge in [0.15, 0.2) is 5.78 Å². The SMILES string of the molecule is CC1=C(C(=O)CC(C)(C)C)CCC(CNC(=O)c2cc(C(=O)O)n3ccnc3n2)=C1. The van der Waals surface area contributed by atoms with Crippen LogP contribution in [0.5, 0.6) is 0 Å². The van der Waals surface area contributed by atoms with Gasteiger partial charge in [-0.3, -0.25) is 14.0 Å². The van der Waals surface area contributed by atoms with Crippen molar-refractivity contribution in [3.8, 4) is 0 Å². The summed E-state index contributed by atoms with van der Waals surface area (Å²) in [6, 6.07) is 1.23. The van der Waals surface area contributed by atoms with Crippen molar-refractivity contribution in [2.75, 3.05) is 6.54 Å². The number of imidazole rings is 1. The fourth-order valence-electron chi connectivity index (χ4n) is 3.51. The maximum atomic E-state index is 12.5. The van der Waals surface area contributed by atoms with Crippen LogP contribution in [-0.2, 0) is 4.79 Å². The summed E-state index contributed by atoms with van der Waals surface area (Å²) in [5.41, 5.74) is 2.66. The molecule has 0 aromatic carbocycles. The van der Waals surface area contributed by atoms with E-state index in [1.165, 1.54) is 22.9 Å². The lowest BCUT2D eigenvalue weighted by Crippen LogP contribution is -2.28. The Morgan fingerprint density at radius 1 is 1.23 bits per heavy atom. The van der Waals surface area contributed by atoms with Crippen LogP contribution in [0.3, 0.4) is 0 Å². The zero-order chi connectivity index (χ0) is 22.1. The molecule has 0 saturated heterocycles. The molecule has 0 radical (unpaired) electrons. The quantitative estimate of drug-likeness (QED) is 0.756. The van der Waals surface area contributed by atoms with Crippen molar-refractivity contribution in [2.24, 2.45) is 5.41 Å². The van der Waals surface area contributed by atoms with E-state index < -0.39 is 11.9 Å². The van der Waals surface area contributed by atoms with Crippen LogP contribution in [0.1, 0.15) is 67.9 Å². The predicted octanol–water partition coefficient (Wildman–Crippen LogP) is 3.20. The summed E-state index contributed by atoms with van der Waals surface area (Å²) in [4.78, 5) is 44.6. The van der Waals surface area contributed by atoms with Crippen LogP contribution in [0.4, 0.5) is 0 Å². The van der Waals surface area contributed by atoms with E-state index in [0.29, 0.717) is 25.8 Å². The number of aromatic carboxylic acids is 1. The third kappa shape index (κ3) is 4.82. The third-order valence-corrected chi connectivity index (χ3v) is 4.92. The lowest BCUT2D eigenvalue weighted by molar-refractivity contribution is -0.117. The van der Waals surface area contributed by atoms with Gasteiger partial charge in [-0.25, -0.2) is 14.8 Å². The number of nitrogens with one attached hydrogen (secondary N) is 1. The van der Waals surface area contributed by atoms with Crippen LogP contribution < -0.4 is 5.32 Å². The highest BCUT2D eigenvalue weighted by atomic mass is 16.4. The van der Waals surface area contributed by atoms with E-state index in [0.717, 1.165) is 16.7 Å². The van der Waals surface area contributed by atoms with Gasteiger partial charge in [-0.1, -0.05) is 32.4 Å². The number of nitrogens with zero attached hydrogens (tertiary/aromatic N) is 3. The number of Topliss-reactive ketones (excluding diaryl/α,β-unsaturated/α-hetero) is 1. The van der Waals surface area contributed by atoms with E-state index in [1.807, 2.05) is 33.8 Å². The summed E-state index contributed by atoms with van der Waals surface area (Å²) >= 11 is 0. The number of allylic oxidation sites excluding steroid dienone is 3. The molecule has 0 bridgehead atoms. The molecule has 2 heterocycles. The summed E-state index contributed by atoms with van der Waals surface area (Å²) in [5, 5.41) is 12.1. The number of carbonyl (C=O) groups excluding carboxylic acids is 2. The van der Waals surface area contributed by atoms with Gasteiger partial charge in [0.25, 0.3) is 5.91 Å². The standard InChI is InChI=1S/C22H26N4O4/c1-13-9-14(5-6-15(13)18(27)11-22(2,3)4)12-24-19(28)16-10-17(20(29)30)26-8-7-23-21(26)25-16/h7-10H,5-6,11-12H2,1-4H3,(H,24,28)(H,29,30). The number of fused-ring (bicyclic) bond motifs is 1. The van der Waals surface area contributed by atoms with Crippen molar-refractivity contribution >= 4 is 23.4 Å². The second-order valence-corrected chi connectivity index (χ2v) is 8.74. The van der Waals surface area contributed by atoms with Gasteiger partial charge in [-0.15, -0.1) is 0 Å². The van der Waals surface area contributed by atoms with Gasteiger partial charge < -0.3 is 10.4 Å². The van der Waals surface area contributed by atoms with Gasteiger partial charge >= 0.3 is 5.97 Å². The molecule has 0 atom stereocenters. The van der Waals surface area contributed by atoms with Crippen molar-refractivity contribution in [3.63, 3.8) is 0 Å². The number of carbonyl (C=O) groups is 3. The summed E-state index contributed by atoms with van der Waals surface area (Å²) in [7, 11) is 0. The molecule has 3 rings (SSSR count). The van der Waals surface area contributed by atoms with Gasteiger partial charge in [-0.2, -0.15) is 0 Å². The lowest BCUT2D eigenvalue weighted by Gasteiger charge is -2.22. The topological polar surface area (TPSA) is 114 Å². The van der Waals surface area contributed by atoms with E-state index in [4.69, 9.17) is 0 Å². The normalized spacial score (nSPS) is 14.6. The first kappa shape index (κ1) is 21.4. The number of ketones is 1. The summed E-state index contributed by atoms with van der Waals surface area (Å²) < 4.78 is 1.31. The number of hydrogen-bond donors (Lipinski definition) is 2. The molecule has 0 saturated carbocycles. The molecule has 0 aliphatic heterocycles. The van der Waals surface area contributed by atoms with Gasteiger partial charge in [0.1, 0.15) is 11.4 Å². The van der Waals surface area contributed by atoms with Crippen molar-refractivity contribution < 1.29 is 19.5 Å². The zero-order valence-electron chi connectivity index (χ0n) is 17.7. The first-order chi connectivity index (χ1) is 14.0. The highest BCUT2D eigenvalue weighted by molar-refractivity contribution is 5.97. The predicted molar refractivity (Wildman–Crippen MR) is 111 cm³/mol. The van der Waals surface area contributed by atoms with Crippen molar-refractivity contribution in [1.82, 2.24) is 19.7 Å². The second-order valence-electron chi connectivity index (χ2n) is 8.74. The van der Waals surface area contributed by atoms with Gasteiger partial charge in [0, 0.05) is 31.4 Å². The Bertz CT molecular complexity index is 1090. The zero-order valence-corrected chi connectivity index (χ0v) is 17.7. The molecule has 30 heavy (non-hydrogen) atoms. The number of amides is 1. The minimum atomic E-state index is -1.17. The third-order valence-electron chi connectivity index (χ3n) is 4.92. The molecular weight excluding hydrogens is 384 g/mol. The van der Waals surface area contributed by atoms with Crippen LogP contribution in [0.25, 0.3) is 5.78 Å². The summed E-state index contributed by atoms with van der Waals surface area (Å²) in [6.45, 7) is 8.37. The summed E-state index contributed by atoms with van der Waals surface area (Å²) in [6.07, 6.45) is 6.71. The van der Waals surface area contributed by atoms with E-state index in [2.05, 4.69) is 15.3 Å². The molecule has 158 valence electrons. The number of hydrogen-bond acceptors (Lipinski definition) is 5. The minimum Gasteiger partial charge on any atom is -0.477 e. The van der Waals surface area contributed by atoms with Crippen molar-refractivity contribution in [2.45, 2.75) is 47.0 Å². The van der Waals surface area contributed by atoms with Crippen LogP contribution in [0, 0.1) is 5.41 Å². The largest absolute Gasteiger partial charge is 0.477 e. The highest BCUT2D eigenvalue weighted by Crippen LogP contribution is 2.29. The lowest BCUT2D eigenvalue weighted by atomic mass is 9.83. The average Bonchev–Trinajstić information content (AvgIpc) is 3.12. The molecule has 2 aromatic heterocycles. The van der Waals surface area contributed by atoms with Gasteiger partial charge in [0.2, 0.25) is 5.78 Å². The minimum absolute atomic E-state index is 0.00387. The molecule has 0 unspecified atom stereocenters. The highest BCUT2D eigenvalue weighted by Gasteiger charge is 2.23. The monoisotopic (exact) mass is 410 g/mol. The van der Waals surface area contributed by atoms with Crippen LogP contribution in [0.2, 0.25) is 0 Å². The molecule has 1 amide bonds. The number of aromatic nitrogens is 3. The molecule has 2 N–H and O–H groups in total. The van der Waals surface area contributed by atoms with E-state index in [-0.39, 0.29) is 28.4 Å². The van der Waals surface area contributed by atoms with Crippen molar-refractivity contribution in [1.29, 1.82) is 0 Å².